The normalized spacial score (nSPS) is 15.8. The van der Waals surface area contributed by atoms with Crippen molar-refractivity contribution in [3.8, 4) is 0 Å². The summed E-state index contributed by atoms with van der Waals surface area (Å²) in [6, 6.07) is 15.1. The van der Waals surface area contributed by atoms with Gasteiger partial charge in [-0.25, -0.2) is 0 Å². The van der Waals surface area contributed by atoms with Gasteiger partial charge >= 0.3 is 0 Å². The number of hydrogen-bond donors (Lipinski definition) is 4. The number of thioether (sulfide) groups is 1. The zero-order valence-electron chi connectivity index (χ0n) is 20.5. The molecule has 2 aromatic rings. The molecule has 6 N–H and O–H groups in total. The lowest BCUT2D eigenvalue weighted by molar-refractivity contribution is -0.131. The number of unbranched alkanes of at least 4 members (excludes halogenated alkanes) is 1. The molecule has 0 spiro atoms. The first-order valence-corrected chi connectivity index (χ1v) is 13.5. The van der Waals surface area contributed by atoms with Crippen LogP contribution in [0.5, 0.6) is 0 Å². The third-order valence-corrected chi connectivity index (χ3v) is 7.19. The topological polar surface area (TPSA) is 139 Å². The van der Waals surface area contributed by atoms with Gasteiger partial charge in [0.2, 0.25) is 5.91 Å². The third kappa shape index (κ3) is 8.44. The fraction of sp³-hybridized carbons (Fsp3) is 0.444. The number of aliphatic hydroxyl groups is 1. The van der Waals surface area contributed by atoms with Gasteiger partial charge in [-0.2, -0.15) is 0 Å². The van der Waals surface area contributed by atoms with Gasteiger partial charge < -0.3 is 26.8 Å². The van der Waals surface area contributed by atoms with Gasteiger partial charge in [0.05, 0.1) is 11.9 Å². The molecule has 1 fully saturated rings. The molecule has 0 aromatic heterocycles. The Balaban J connectivity index is 1.40. The molecule has 1 saturated heterocycles. The number of rotatable bonds is 13. The molecule has 0 saturated carbocycles. The number of carbonyl (C=O) groups excluding carboxylic acids is 3. The Kier molecular flexibility index (Phi) is 10.9. The van der Waals surface area contributed by atoms with E-state index in [1.807, 2.05) is 30.3 Å². The van der Waals surface area contributed by atoms with Crippen molar-refractivity contribution in [2.24, 2.45) is 11.5 Å². The molecule has 3 rings (SSSR count). The number of nitrogens with zero attached hydrogens (tertiary/aromatic N) is 1. The zero-order valence-corrected chi connectivity index (χ0v) is 21.3. The highest BCUT2D eigenvalue weighted by atomic mass is 32.2. The summed E-state index contributed by atoms with van der Waals surface area (Å²) >= 11 is 1.73. The monoisotopic (exact) mass is 512 g/mol. The van der Waals surface area contributed by atoms with E-state index >= 15 is 0 Å². The van der Waals surface area contributed by atoms with Crippen molar-refractivity contribution in [3.05, 3.63) is 71.3 Å². The van der Waals surface area contributed by atoms with Crippen LogP contribution >= 0.6 is 11.8 Å². The molecule has 36 heavy (non-hydrogen) atoms. The molecule has 9 heteroatoms. The summed E-state index contributed by atoms with van der Waals surface area (Å²) in [5, 5.41) is 13.3. The predicted molar refractivity (Wildman–Crippen MR) is 142 cm³/mol. The number of amides is 2. The molecular weight excluding hydrogens is 476 g/mol. The van der Waals surface area contributed by atoms with Crippen LogP contribution in [-0.2, 0) is 22.4 Å². The molecule has 1 heterocycles. The van der Waals surface area contributed by atoms with Crippen molar-refractivity contribution in [2.75, 3.05) is 24.7 Å². The van der Waals surface area contributed by atoms with Crippen LogP contribution in [-0.4, -0.2) is 70.5 Å². The van der Waals surface area contributed by atoms with Gasteiger partial charge in [-0.05, 0) is 48.9 Å². The van der Waals surface area contributed by atoms with Gasteiger partial charge in [-0.3, -0.25) is 14.4 Å². The number of nitrogens with two attached hydrogens (primary N) is 2. The summed E-state index contributed by atoms with van der Waals surface area (Å²) in [5.74, 6) is 1.06. The number of ketones is 1. The molecule has 0 unspecified atom stereocenters. The molecule has 1 aliphatic heterocycles. The lowest BCUT2D eigenvalue weighted by Gasteiger charge is -2.19. The highest BCUT2D eigenvalue weighted by Gasteiger charge is 2.24. The van der Waals surface area contributed by atoms with Crippen LogP contribution in [0.2, 0.25) is 0 Å². The van der Waals surface area contributed by atoms with E-state index in [9.17, 15) is 19.5 Å². The van der Waals surface area contributed by atoms with E-state index in [0.717, 1.165) is 24.3 Å². The standard InChI is InChI=1S/C27H36N4O4S/c28-22(27(35)31-13-14-36-18-31)11-4-5-12-30-26(34)21-10-6-9-20(15-21)17-24(32)25(33)23(29)16-19-7-2-1-3-8-19/h1-3,6-10,15,22-23,25,33H,4-5,11-14,16-18,28-29H2,(H,30,34)/t22-,23+,25-/m0/s1. The maximum Gasteiger partial charge on any atom is 0.251 e. The summed E-state index contributed by atoms with van der Waals surface area (Å²) in [7, 11) is 0. The lowest BCUT2D eigenvalue weighted by atomic mass is 9.95. The first kappa shape index (κ1) is 27.9. The molecule has 2 amide bonds. The largest absolute Gasteiger partial charge is 0.384 e. The van der Waals surface area contributed by atoms with Gasteiger partial charge in [0, 0.05) is 36.9 Å². The Bertz CT molecular complexity index is 1010. The molecule has 3 atom stereocenters. The van der Waals surface area contributed by atoms with Crippen LogP contribution < -0.4 is 16.8 Å². The molecule has 1 aliphatic rings. The van der Waals surface area contributed by atoms with E-state index in [1.165, 1.54) is 0 Å². The highest BCUT2D eigenvalue weighted by Crippen LogP contribution is 2.15. The number of benzene rings is 2. The Morgan fingerprint density at radius 2 is 1.78 bits per heavy atom. The maximum atomic E-state index is 12.6. The Morgan fingerprint density at radius 3 is 2.50 bits per heavy atom. The summed E-state index contributed by atoms with van der Waals surface area (Å²) in [6.45, 7) is 1.23. The third-order valence-electron chi connectivity index (χ3n) is 6.23. The number of carbonyl (C=O) groups is 3. The molecule has 0 bridgehead atoms. The minimum Gasteiger partial charge on any atom is -0.384 e. The molecule has 0 aliphatic carbocycles. The molecule has 0 radical (unpaired) electrons. The number of nitrogens with one attached hydrogen (secondary N) is 1. The van der Waals surface area contributed by atoms with Crippen molar-refractivity contribution in [1.29, 1.82) is 0 Å². The average molecular weight is 513 g/mol. The first-order chi connectivity index (χ1) is 17.3. The number of hydrogen-bond acceptors (Lipinski definition) is 7. The smallest absolute Gasteiger partial charge is 0.251 e. The van der Waals surface area contributed by atoms with Crippen molar-refractivity contribution >= 4 is 29.4 Å². The van der Waals surface area contributed by atoms with Crippen molar-refractivity contribution in [1.82, 2.24) is 10.2 Å². The minimum absolute atomic E-state index is 0.00142. The fourth-order valence-electron chi connectivity index (χ4n) is 4.10. The van der Waals surface area contributed by atoms with Crippen LogP contribution in [0.25, 0.3) is 0 Å². The number of aliphatic hydroxyl groups excluding tert-OH is 1. The second-order valence-corrected chi connectivity index (χ2v) is 10.2. The van der Waals surface area contributed by atoms with E-state index in [4.69, 9.17) is 11.5 Å². The lowest BCUT2D eigenvalue weighted by Crippen LogP contribution is -2.42. The molecule has 8 nitrogen and oxygen atoms in total. The van der Waals surface area contributed by atoms with Gasteiger partial charge in [-0.1, -0.05) is 42.5 Å². The van der Waals surface area contributed by atoms with Crippen LogP contribution in [0.3, 0.4) is 0 Å². The molecular formula is C27H36N4O4S. The SMILES string of the molecule is N[C@H](Cc1ccccc1)[C@H](O)C(=O)Cc1cccc(C(=O)NCCCC[C@H](N)C(=O)N2CCSC2)c1. The average Bonchev–Trinajstić information content (AvgIpc) is 3.43. The van der Waals surface area contributed by atoms with Gasteiger partial charge in [-0.15, -0.1) is 11.8 Å². The molecule has 194 valence electrons. The van der Waals surface area contributed by atoms with E-state index in [-0.39, 0.29) is 24.0 Å². The summed E-state index contributed by atoms with van der Waals surface area (Å²) in [4.78, 5) is 39.2. The predicted octanol–water partition coefficient (Wildman–Crippen LogP) is 1.49. The second-order valence-electron chi connectivity index (χ2n) is 9.14. The minimum atomic E-state index is -1.29. The molecule has 2 aromatic carbocycles. The van der Waals surface area contributed by atoms with Crippen molar-refractivity contribution in [3.63, 3.8) is 0 Å². The van der Waals surface area contributed by atoms with Crippen LogP contribution in [0.1, 0.15) is 40.7 Å². The first-order valence-electron chi connectivity index (χ1n) is 12.3. The van der Waals surface area contributed by atoms with Crippen LogP contribution in [0.15, 0.2) is 54.6 Å². The Hall–Kier alpha value is -2.72. The Labute approximate surface area is 216 Å². The van der Waals surface area contributed by atoms with E-state index in [1.54, 1.807) is 40.9 Å². The van der Waals surface area contributed by atoms with Crippen LogP contribution in [0.4, 0.5) is 0 Å². The van der Waals surface area contributed by atoms with Crippen LogP contribution in [0, 0.1) is 0 Å². The quantitative estimate of drug-likeness (QED) is 0.298. The van der Waals surface area contributed by atoms with Gasteiger partial charge in [0.15, 0.2) is 5.78 Å². The summed E-state index contributed by atoms with van der Waals surface area (Å²) < 4.78 is 0. The Morgan fingerprint density at radius 1 is 1.03 bits per heavy atom. The fourth-order valence-corrected chi connectivity index (χ4v) is 5.06. The number of Topliss-reactive ketones (excluding diaryl/α,β-unsaturated/α-hetero) is 1. The van der Waals surface area contributed by atoms with E-state index in [2.05, 4.69) is 5.32 Å². The second kappa shape index (κ2) is 14.1. The van der Waals surface area contributed by atoms with Gasteiger partial charge in [0.1, 0.15) is 6.10 Å². The van der Waals surface area contributed by atoms with Crippen molar-refractivity contribution in [2.45, 2.75) is 50.3 Å². The summed E-state index contributed by atoms with van der Waals surface area (Å²) in [6.07, 6.45) is 1.14. The van der Waals surface area contributed by atoms with E-state index in [0.29, 0.717) is 42.8 Å². The van der Waals surface area contributed by atoms with Gasteiger partial charge in [0.25, 0.3) is 5.91 Å². The van der Waals surface area contributed by atoms with Crippen molar-refractivity contribution < 1.29 is 19.5 Å². The summed E-state index contributed by atoms with van der Waals surface area (Å²) in [5.41, 5.74) is 14.1. The zero-order chi connectivity index (χ0) is 25.9. The maximum absolute atomic E-state index is 12.6. The van der Waals surface area contributed by atoms with E-state index < -0.39 is 18.2 Å². The highest BCUT2D eigenvalue weighted by molar-refractivity contribution is 7.99.